The summed E-state index contributed by atoms with van der Waals surface area (Å²) in [4.78, 5) is 28.9. The second-order valence-corrected chi connectivity index (χ2v) is 7.63. The zero-order valence-electron chi connectivity index (χ0n) is 14.2. The highest BCUT2D eigenvalue weighted by molar-refractivity contribution is 6.36. The number of hydrogen-bond acceptors (Lipinski definition) is 2. The summed E-state index contributed by atoms with van der Waals surface area (Å²) in [5.41, 5.74) is 0.903. The Bertz CT molecular complexity index is 927. The first-order chi connectivity index (χ1) is 12.2. The minimum absolute atomic E-state index is 0.0655. The number of benzene rings is 1. The van der Waals surface area contributed by atoms with Crippen molar-refractivity contribution in [3.8, 4) is 0 Å². The number of alkyl halides is 2. The second-order valence-electron chi connectivity index (χ2n) is 7.25. The van der Waals surface area contributed by atoms with E-state index in [2.05, 4.69) is 10.3 Å². The summed E-state index contributed by atoms with van der Waals surface area (Å²) in [5.74, 6) is -3.44. The van der Waals surface area contributed by atoms with Gasteiger partial charge >= 0.3 is 0 Å². The summed E-state index contributed by atoms with van der Waals surface area (Å²) >= 11 is 6.24. The van der Waals surface area contributed by atoms with Crippen LogP contribution in [0.25, 0.3) is 10.9 Å². The molecular formula is C18H18ClF2N3O2. The van der Waals surface area contributed by atoms with E-state index < -0.39 is 17.2 Å². The van der Waals surface area contributed by atoms with Gasteiger partial charge in [0.15, 0.2) is 0 Å². The maximum atomic E-state index is 13.4. The highest BCUT2D eigenvalue weighted by Gasteiger charge is 2.72. The van der Waals surface area contributed by atoms with Crippen LogP contribution in [0.3, 0.4) is 0 Å². The lowest BCUT2D eigenvalue weighted by Crippen LogP contribution is -2.39. The van der Waals surface area contributed by atoms with E-state index in [0.29, 0.717) is 23.7 Å². The van der Waals surface area contributed by atoms with Crippen LogP contribution in [0.4, 0.5) is 8.78 Å². The molecule has 2 aromatic rings. The molecule has 1 aromatic heterocycles. The van der Waals surface area contributed by atoms with E-state index in [-0.39, 0.29) is 25.4 Å². The monoisotopic (exact) mass is 381 g/mol. The smallest absolute Gasteiger partial charge is 0.268 e. The number of halogens is 3. The fourth-order valence-corrected chi connectivity index (χ4v) is 3.89. The van der Waals surface area contributed by atoms with Crippen LogP contribution in [0, 0.1) is 12.3 Å². The molecule has 26 heavy (non-hydrogen) atoms. The third-order valence-electron chi connectivity index (χ3n) is 5.49. The lowest BCUT2D eigenvalue weighted by atomic mass is 10.1. The van der Waals surface area contributed by atoms with Gasteiger partial charge in [-0.2, -0.15) is 0 Å². The van der Waals surface area contributed by atoms with E-state index >= 15 is 0 Å². The molecule has 2 N–H and O–H groups in total. The van der Waals surface area contributed by atoms with Gasteiger partial charge in [-0.25, -0.2) is 8.78 Å². The van der Waals surface area contributed by atoms with Crippen molar-refractivity contribution in [1.29, 1.82) is 0 Å². The number of carbonyl (C=O) groups excluding carboxylic acids is 2. The van der Waals surface area contributed by atoms with Gasteiger partial charge in [0.25, 0.3) is 11.8 Å². The predicted octanol–water partition coefficient (Wildman–Crippen LogP) is 3.12. The van der Waals surface area contributed by atoms with Crippen molar-refractivity contribution >= 4 is 34.3 Å². The Kier molecular flexibility index (Phi) is 3.77. The van der Waals surface area contributed by atoms with Crippen LogP contribution in [0.1, 0.15) is 28.9 Å². The standard InChI is InChI=1S/C18H18ClF2N3O2/c1-10-2-3-12-11(15(10)19)6-13(23-12)16(26)22-7-14(25)24-5-4-17(9-24)8-18(17,20)21/h2-3,6,23H,4-5,7-9H2,1H3,(H,22,26). The van der Waals surface area contributed by atoms with Crippen LogP contribution in [0.5, 0.6) is 0 Å². The molecule has 2 amide bonds. The Balaban J connectivity index is 1.38. The van der Waals surface area contributed by atoms with Gasteiger partial charge in [0.1, 0.15) is 5.69 Å². The molecule has 1 saturated carbocycles. The number of hydrogen-bond donors (Lipinski definition) is 2. The first kappa shape index (κ1) is 17.3. The van der Waals surface area contributed by atoms with Crippen LogP contribution < -0.4 is 5.32 Å². The van der Waals surface area contributed by atoms with Gasteiger partial charge in [-0.15, -0.1) is 0 Å². The number of amides is 2. The summed E-state index contributed by atoms with van der Waals surface area (Å²) < 4.78 is 26.8. The van der Waals surface area contributed by atoms with Gasteiger partial charge in [-0.05, 0) is 31.0 Å². The summed E-state index contributed by atoms with van der Waals surface area (Å²) in [7, 11) is 0. The van der Waals surface area contributed by atoms with Gasteiger partial charge in [-0.1, -0.05) is 17.7 Å². The predicted molar refractivity (Wildman–Crippen MR) is 93.6 cm³/mol. The Morgan fingerprint density at radius 1 is 1.38 bits per heavy atom. The van der Waals surface area contributed by atoms with Crippen molar-refractivity contribution in [1.82, 2.24) is 15.2 Å². The fourth-order valence-electron chi connectivity index (χ4n) is 3.67. The molecule has 0 bridgehead atoms. The van der Waals surface area contributed by atoms with Crippen LogP contribution in [-0.4, -0.2) is 47.3 Å². The highest BCUT2D eigenvalue weighted by atomic mass is 35.5. The first-order valence-electron chi connectivity index (χ1n) is 8.44. The number of rotatable bonds is 3. The number of H-pyrrole nitrogens is 1. The van der Waals surface area contributed by atoms with Crippen molar-refractivity contribution in [3.63, 3.8) is 0 Å². The molecule has 2 fully saturated rings. The third kappa shape index (κ3) is 2.65. The Hall–Kier alpha value is -2.15. The summed E-state index contributed by atoms with van der Waals surface area (Å²) in [6.45, 7) is 2.03. The molecule has 2 aliphatic rings. The number of aromatic nitrogens is 1. The van der Waals surface area contributed by atoms with Gasteiger partial charge in [-0.3, -0.25) is 9.59 Å². The SMILES string of the molecule is Cc1ccc2[nH]c(C(=O)NCC(=O)N3CCC4(C3)CC4(F)F)cc2c1Cl. The number of carbonyl (C=O) groups is 2. The molecule has 1 unspecified atom stereocenters. The van der Waals surface area contributed by atoms with Crippen molar-refractivity contribution in [2.75, 3.05) is 19.6 Å². The number of aryl methyl sites for hydroxylation is 1. The van der Waals surface area contributed by atoms with Gasteiger partial charge in [0, 0.05) is 30.4 Å². The van der Waals surface area contributed by atoms with Gasteiger partial charge < -0.3 is 15.2 Å². The summed E-state index contributed by atoms with van der Waals surface area (Å²) in [6.07, 6.45) is 0.172. The van der Waals surface area contributed by atoms with E-state index in [1.54, 1.807) is 6.07 Å². The van der Waals surface area contributed by atoms with Crippen LogP contribution in [0.15, 0.2) is 18.2 Å². The molecule has 138 valence electrons. The van der Waals surface area contributed by atoms with Crippen LogP contribution >= 0.6 is 11.6 Å². The van der Waals surface area contributed by atoms with Crippen molar-refractivity contribution in [2.45, 2.75) is 25.7 Å². The molecule has 0 radical (unpaired) electrons. The molecule has 8 heteroatoms. The Morgan fingerprint density at radius 2 is 2.12 bits per heavy atom. The van der Waals surface area contributed by atoms with Gasteiger partial charge in [0.05, 0.1) is 17.0 Å². The van der Waals surface area contributed by atoms with E-state index in [1.807, 2.05) is 19.1 Å². The minimum atomic E-state index is -2.66. The molecule has 1 saturated heterocycles. The Morgan fingerprint density at radius 3 is 2.77 bits per heavy atom. The number of fused-ring (bicyclic) bond motifs is 1. The normalized spacial score (nSPS) is 23.6. The number of nitrogens with one attached hydrogen (secondary N) is 2. The summed E-state index contributed by atoms with van der Waals surface area (Å²) in [5, 5.41) is 3.85. The maximum Gasteiger partial charge on any atom is 0.268 e. The number of likely N-dealkylation sites (tertiary alicyclic amines) is 1. The topological polar surface area (TPSA) is 65.2 Å². The van der Waals surface area contributed by atoms with Crippen molar-refractivity contribution in [3.05, 3.63) is 34.5 Å². The molecule has 1 atom stereocenters. The van der Waals surface area contributed by atoms with E-state index in [0.717, 1.165) is 16.5 Å². The number of nitrogens with zero attached hydrogens (tertiary/aromatic N) is 1. The average molecular weight is 382 g/mol. The van der Waals surface area contributed by atoms with E-state index in [9.17, 15) is 18.4 Å². The minimum Gasteiger partial charge on any atom is -0.350 e. The molecule has 5 nitrogen and oxygen atoms in total. The molecule has 1 aliphatic carbocycles. The molecule has 4 rings (SSSR count). The molecule has 1 spiro atoms. The zero-order valence-corrected chi connectivity index (χ0v) is 14.9. The quantitative estimate of drug-likeness (QED) is 0.858. The van der Waals surface area contributed by atoms with Crippen LogP contribution in [-0.2, 0) is 4.79 Å². The molecule has 1 aliphatic heterocycles. The van der Waals surface area contributed by atoms with E-state index in [1.165, 1.54) is 4.90 Å². The second kappa shape index (κ2) is 5.67. The van der Waals surface area contributed by atoms with Crippen LogP contribution in [0.2, 0.25) is 5.02 Å². The van der Waals surface area contributed by atoms with Crippen molar-refractivity contribution in [2.24, 2.45) is 5.41 Å². The first-order valence-corrected chi connectivity index (χ1v) is 8.82. The third-order valence-corrected chi connectivity index (χ3v) is 6.00. The molecular weight excluding hydrogens is 364 g/mol. The fraction of sp³-hybridized carbons (Fsp3) is 0.444. The van der Waals surface area contributed by atoms with Crippen molar-refractivity contribution < 1.29 is 18.4 Å². The lowest BCUT2D eigenvalue weighted by molar-refractivity contribution is -0.129. The van der Waals surface area contributed by atoms with E-state index in [4.69, 9.17) is 11.6 Å². The summed E-state index contributed by atoms with van der Waals surface area (Å²) in [6, 6.07) is 5.32. The van der Waals surface area contributed by atoms with Gasteiger partial charge in [0.2, 0.25) is 5.91 Å². The Labute approximate surface area is 153 Å². The largest absolute Gasteiger partial charge is 0.350 e. The molecule has 2 heterocycles. The molecule has 1 aromatic carbocycles. The maximum absolute atomic E-state index is 13.4. The zero-order chi connectivity index (χ0) is 18.7. The highest BCUT2D eigenvalue weighted by Crippen LogP contribution is 2.64. The number of aromatic amines is 1. The lowest BCUT2D eigenvalue weighted by Gasteiger charge is -2.16. The average Bonchev–Trinajstić information content (AvgIpc) is 2.99.